The summed E-state index contributed by atoms with van der Waals surface area (Å²) in [4.78, 5) is 24.4. The number of esters is 1. The summed E-state index contributed by atoms with van der Waals surface area (Å²) >= 11 is 12.2. The summed E-state index contributed by atoms with van der Waals surface area (Å²) in [6.45, 7) is 1.79. The molecule has 0 radical (unpaired) electrons. The van der Waals surface area contributed by atoms with Crippen molar-refractivity contribution in [2.24, 2.45) is 0 Å². The normalized spacial score (nSPS) is 20.2. The van der Waals surface area contributed by atoms with Crippen LogP contribution in [0.1, 0.15) is 29.7 Å². The Hall–Kier alpha value is -1.59. The standard InChI is InChI=1S/C15H12Cl2FNO3/c1-2-22-15(21)8-6-19(11-5-10(11)18)13-7(14(8)20)3-4-9(16)12(13)17/h3-4,6,10-11H,2,5H2,1H3/t10-,11-/m1/s1. The van der Waals surface area contributed by atoms with Crippen LogP contribution in [0.3, 0.4) is 0 Å². The first-order valence-electron chi connectivity index (χ1n) is 6.79. The summed E-state index contributed by atoms with van der Waals surface area (Å²) in [5.74, 6) is -0.731. The third-order valence-electron chi connectivity index (χ3n) is 3.62. The summed E-state index contributed by atoms with van der Waals surface area (Å²) in [5, 5.41) is 0.659. The molecule has 4 nitrogen and oxygen atoms in total. The van der Waals surface area contributed by atoms with E-state index in [-0.39, 0.29) is 27.6 Å². The maximum atomic E-state index is 13.5. The van der Waals surface area contributed by atoms with Gasteiger partial charge < -0.3 is 9.30 Å². The van der Waals surface area contributed by atoms with Gasteiger partial charge in [-0.15, -0.1) is 0 Å². The van der Waals surface area contributed by atoms with Gasteiger partial charge in [-0.05, 0) is 19.1 Å². The van der Waals surface area contributed by atoms with Crippen LogP contribution in [0.5, 0.6) is 0 Å². The van der Waals surface area contributed by atoms with Crippen molar-refractivity contribution in [2.75, 3.05) is 6.61 Å². The maximum absolute atomic E-state index is 13.5. The smallest absolute Gasteiger partial charge is 0.343 e. The van der Waals surface area contributed by atoms with Crippen LogP contribution in [-0.4, -0.2) is 23.3 Å². The summed E-state index contributed by atoms with van der Waals surface area (Å²) in [5.41, 5.74) is -0.288. The number of hydrogen-bond acceptors (Lipinski definition) is 3. The average Bonchev–Trinajstić information content (AvgIpc) is 3.20. The van der Waals surface area contributed by atoms with E-state index >= 15 is 0 Å². The Kier molecular flexibility index (Phi) is 3.87. The maximum Gasteiger partial charge on any atom is 0.343 e. The second-order valence-electron chi connectivity index (χ2n) is 5.08. The lowest BCUT2D eigenvalue weighted by atomic mass is 10.1. The van der Waals surface area contributed by atoms with Crippen molar-refractivity contribution < 1.29 is 13.9 Å². The number of carbonyl (C=O) groups is 1. The van der Waals surface area contributed by atoms with E-state index in [1.165, 1.54) is 22.9 Å². The van der Waals surface area contributed by atoms with Crippen LogP contribution in [0.4, 0.5) is 4.39 Å². The van der Waals surface area contributed by atoms with Gasteiger partial charge in [0.2, 0.25) is 5.43 Å². The summed E-state index contributed by atoms with van der Waals surface area (Å²) in [7, 11) is 0. The molecule has 1 heterocycles. The van der Waals surface area contributed by atoms with Gasteiger partial charge in [-0.2, -0.15) is 0 Å². The van der Waals surface area contributed by atoms with E-state index in [9.17, 15) is 14.0 Å². The Balaban J connectivity index is 2.33. The van der Waals surface area contributed by atoms with Crippen LogP contribution < -0.4 is 5.43 Å². The Morgan fingerprint density at radius 3 is 2.73 bits per heavy atom. The van der Waals surface area contributed by atoms with E-state index in [1.54, 1.807) is 6.92 Å². The van der Waals surface area contributed by atoms with Crippen LogP contribution >= 0.6 is 23.2 Å². The summed E-state index contributed by atoms with van der Waals surface area (Å²) in [6.07, 6.45) is 0.592. The second-order valence-corrected chi connectivity index (χ2v) is 5.86. The molecule has 116 valence electrons. The number of nitrogens with zero attached hydrogens (tertiary/aromatic N) is 1. The lowest BCUT2D eigenvalue weighted by Gasteiger charge is -2.14. The first-order chi connectivity index (χ1) is 10.5. The van der Waals surface area contributed by atoms with E-state index < -0.39 is 23.6 Å². The quantitative estimate of drug-likeness (QED) is 0.797. The Labute approximate surface area is 135 Å². The van der Waals surface area contributed by atoms with Gasteiger partial charge in [0.15, 0.2) is 0 Å². The molecule has 2 atom stereocenters. The molecule has 0 bridgehead atoms. The molecule has 0 amide bonds. The van der Waals surface area contributed by atoms with Gasteiger partial charge in [-0.25, -0.2) is 9.18 Å². The number of halogens is 3. The molecule has 1 fully saturated rings. The molecule has 0 spiro atoms. The number of fused-ring (bicyclic) bond motifs is 1. The number of ether oxygens (including phenoxy) is 1. The van der Waals surface area contributed by atoms with Gasteiger partial charge in [0.1, 0.15) is 11.7 Å². The van der Waals surface area contributed by atoms with Crippen molar-refractivity contribution >= 4 is 40.1 Å². The van der Waals surface area contributed by atoms with Crippen molar-refractivity contribution in [2.45, 2.75) is 25.6 Å². The molecule has 1 aromatic carbocycles. The van der Waals surface area contributed by atoms with Gasteiger partial charge >= 0.3 is 5.97 Å². The molecule has 3 rings (SSSR count). The minimum atomic E-state index is -1.03. The highest BCUT2D eigenvalue weighted by Gasteiger charge is 2.40. The zero-order valence-electron chi connectivity index (χ0n) is 11.6. The highest BCUT2D eigenvalue weighted by atomic mass is 35.5. The molecule has 1 aromatic heterocycles. The molecule has 0 unspecified atom stereocenters. The zero-order valence-corrected chi connectivity index (χ0v) is 13.1. The summed E-state index contributed by atoms with van der Waals surface area (Å²) in [6, 6.07) is 2.51. The van der Waals surface area contributed by atoms with E-state index in [0.29, 0.717) is 11.9 Å². The van der Waals surface area contributed by atoms with Gasteiger partial charge in [-0.3, -0.25) is 4.79 Å². The topological polar surface area (TPSA) is 48.3 Å². The molecular weight excluding hydrogens is 332 g/mol. The number of pyridine rings is 1. The van der Waals surface area contributed by atoms with E-state index in [1.807, 2.05) is 0 Å². The third-order valence-corrected chi connectivity index (χ3v) is 4.41. The Morgan fingerprint density at radius 1 is 1.45 bits per heavy atom. The second kappa shape index (κ2) is 5.56. The summed E-state index contributed by atoms with van der Waals surface area (Å²) < 4.78 is 19.9. The van der Waals surface area contributed by atoms with Crippen molar-refractivity contribution in [3.63, 3.8) is 0 Å². The fourth-order valence-corrected chi connectivity index (χ4v) is 2.85. The zero-order chi connectivity index (χ0) is 16.0. The Bertz CT molecular complexity index is 834. The molecule has 0 saturated heterocycles. The fraction of sp³-hybridized carbons (Fsp3) is 0.333. The van der Waals surface area contributed by atoms with Crippen LogP contribution in [0.15, 0.2) is 23.1 Å². The van der Waals surface area contributed by atoms with Gasteiger partial charge in [0.25, 0.3) is 0 Å². The fourth-order valence-electron chi connectivity index (χ4n) is 2.44. The average molecular weight is 344 g/mol. The first kappa shape index (κ1) is 15.3. The van der Waals surface area contributed by atoms with Crippen LogP contribution in [0.2, 0.25) is 10.0 Å². The van der Waals surface area contributed by atoms with Crippen molar-refractivity contribution in [3.05, 3.63) is 44.2 Å². The van der Waals surface area contributed by atoms with Gasteiger partial charge in [0, 0.05) is 18.0 Å². The van der Waals surface area contributed by atoms with Crippen molar-refractivity contribution in [3.8, 4) is 0 Å². The van der Waals surface area contributed by atoms with Gasteiger partial charge in [0.05, 0.1) is 28.2 Å². The molecule has 0 N–H and O–H groups in total. The van der Waals surface area contributed by atoms with Crippen LogP contribution in [-0.2, 0) is 4.74 Å². The first-order valence-corrected chi connectivity index (χ1v) is 7.55. The van der Waals surface area contributed by atoms with E-state index in [4.69, 9.17) is 27.9 Å². The highest BCUT2D eigenvalue weighted by molar-refractivity contribution is 6.45. The molecule has 0 aliphatic heterocycles. The molecule has 2 aromatic rings. The monoisotopic (exact) mass is 343 g/mol. The van der Waals surface area contributed by atoms with Crippen molar-refractivity contribution in [1.29, 1.82) is 0 Å². The lowest BCUT2D eigenvalue weighted by Crippen LogP contribution is -2.21. The molecule has 1 aliphatic rings. The Morgan fingerprint density at radius 2 is 2.14 bits per heavy atom. The van der Waals surface area contributed by atoms with Gasteiger partial charge in [-0.1, -0.05) is 23.2 Å². The minimum absolute atomic E-state index is 0.133. The third kappa shape index (κ3) is 2.38. The highest BCUT2D eigenvalue weighted by Crippen LogP contribution is 2.42. The minimum Gasteiger partial charge on any atom is -0.462 e. The number of alkyl halides is 1. The van der Waals surface area contributed by atoms with Crippen LogP contribution in [0, 0.1) is 0 Å². The lowest BCUT2D eigenvalue weighted by molar-refractivity contribution is 0.0524. The molecular formula is C15H12Cl2FNO3. The SMILES string of the molecule is CCOC(=O)c1cn([C@@H]2C[C@H]2F)c2c(Cl)c(Cl)ccc2c1=O. The van der Waals surface area contributed by atoms with E-state index in [0.717, 1.165) is 0 Å². The van der Waals surface area contributed by atoms with Crippen molar-refractivity contribution in [1.82, 2.24) is 4.57 Å². The predicted octanol–water partition coefficient (Wildman–Crippen LogP) is 3.77. The number of carbonyl (C=O) groups excluding carboxylic acids is 1. The number of hydrogen-bond donors (Lipinski definition) is 0. The number of aromatic nitrogens is 1. The number of benzene rings is 1. The number of rotatable bonds is 3. The molecule has 1 aliphatic carbocycles. The van der Waals surface area contributed by atoms with Crippen LogP contribution in [0.25, 0.3) is 10.9 Å². The molecule has 1 saturated carbocycles. The molecule has 22 heavy (non-hydrogen) atoms. The largest absolute Gasteiger partial charge is 0.462 e. The predicted molar refractivity (Wildman–Crippen MR) is 82.7 cm³/mol. The van der Waals surface area contributed by atoms with E-state index in [2.05, 4.69) is 0 Å². The molecule has 7 heteroatoms.